The Morgan fingerprint density at radius 1 is 1.06 bits per heavy atom. The van der Waals surface area contributed by atoms with Crippen molar-refractivity contribution in [1.29, 1.82) is 0 Å². The molecule has 1 heterocycles. The zero-order valence-electron chi connectivity index (χ0n) is 18.4. The van der Waals surface area contributed by atoms with Crippen molar-refractivity contribution >= 4 is 22.4 Å². The molecule has 1 amide bonds. The minimum atomic E-state index is -0.0467. The zero-order valence-corrected chi connectivity index (χ0v) is 19.3. The molecule has 0 saturated carbocycles. The van der Waals surface area contributed by atoms with Crippen molar-refractivity contribution in [1.82, 2.24) is 4.98 Å². The molecule has 1 aromatic heterocycles. The summed E-state index contributed by atoms with van der Waals surface area (Å²) >= 11 is 1.50. The van der Waals surface area contributed by atoms with Gasteiger partial charge in [-0.25, -0.2) is 4.98 Å². The molecule has 2 aromatic carbocycles. The maximum Gasteiger partial charge on any atom is 0.226 e. The van der Waals surface area contributed by atoms with Gasteiger partial charge in [0.05, 0.1) is 18.9 Å². The largest absolute Gasteiger partial charge is 0.490 e. The third kappa shape index (κ3) is 6.56. The van der Waals surface area contributed by atoms with Gasteiger partial charge in [-0.1, -0.05) is 49.7 Å². The van der Waals surface area contributed by atoms with E-state index in [9.17, 15) is 4.79 Å². The van der Waals surface area contributed by atoms with Crippen molar-refractivity contribution < 1.29 is 14.3 Å². The van der Waals surface area contributed by atoms with Gasteiger partial charge in [-0.05, 0) is 44.4 Å². The quantitative estimate of drug-likeness (QED) is 0.359. The summed E-state index contributed by atoms with van der Waals surface area (Å²) in [5.74, 6) is 1.45. The number of hydrogen-bond donors (Lipinski definition) is 1. The van der Waals surface area contributed by atoms with Crippen LogP contribution in [0.25, 0.3) is 11.3 Å². The molecule has 0 aliphatic rings. The first-order valence-electron chi connectivity index (χ1n) is 10.8. The monoisotopic (exact) mass is 438 g/mol. The fourth-order valence-corrected chi connectivity index (χ4v) is 4.03. The van der Waals surface area contributed by atoms with E-state index < -0.39 is 0 Å². The third-order valence-electron chi connectivity index (χ3n) is 4.79. The number of ether oxygens (including phenoxy) is 2. The van der Waals surface area contributed by atoms with Crippen LogP contribution in [0.5, 0.6) is 11.5 Å². The van der Waals surface area contributed by atoms with Gasteiger partial charge in [-0.3, -0.25) is 4.79 Å². The Kier molecular flexibility index (Phi) is 8.47. The predicted molar refractivity (Wildman–Crippen MR) is 127 cm³/mol. The molecule has 3 rings (SSSR count). The first-order valence-corrected chi connectivity index (χ1v) is 11.6. The zero-order chi connectivity index (χ0) is 22.1. The molecule has 0 saturated heterocycles. The van der Waals surface area contributed by atoms with Crippen molar-refractivity contribution in [2.45, 2.75) is 46.5 Å². The lowest BCUT2D eigenvalue weighted by molar-refractivity contribution is -0.116. The van der Waals surface area contributed by atoms with Crippen molar-refractivity contribution in [3.63, 3.8) is 0 Å². The molecule has 0 aliphatic carbocycles. The number of hydrogen-bond acceptors (Lipinski definition) is 5. The molecule has 1 N–H and O–H groups in total. The number of benzene rings is 2. The summed E-state index contributed by atoms with van der Waals surface area (Å²) in [6.45, 7) is 7.36. The number of carbonyl (C=O) groups excluding carboxylic acids is 1. The standard InChI is InChI=1S/C25H30N2O3S/c1-4-6-16-30-21-14-12-19(17-22(21)29-5-2)13-15-23(28)26-25-27-24(18(3)31-25)20-10-8-7-9-11-20/h7-12,14,17H,4-6,13,15-16H2,1-3H3,(H,26,27,28). The van der Waals surface area contributed by atoms with Crippen molar-refractivity contribution in [3.8, 4) is 22.8 Å². The van der Waals surface area contributed by atoms with Crippen LogP contribution in [0.1, 0.15) is 43.6 Å². The predicted octanol–water partition coefficient (Wildman–Crippen LogP) is 6.27. The van der Waals surface area contributed by atoms with Crippen LogP contribution in [0, 0.1) is 6.92 Å². The van der Waals surface area contributed by atoms with Crippen LogP contribution in [0.2, 0.25) is 0 Å². The Balaban J connectivity index is 1.58. The van der Waals surface area contributed by atoms with E-state index in [2.05, 4.69) is 17.2 Å². The number of anilines is 1. The summed E-state index contributed by atoms with van der Waals surface area (Å²) in [6, 6.07) is 15.9. The Morgan fingerprint density at radius 3 is 2.61 bits per heavy atom. The number of aromatic nitrogens is 1. The molecule has 0 radical (unpaired) electrons. The minimum Gasteiger partial charge on any atom is -0.490 e. The summed E-state index contributed by atoms with van der Waals surface area (Å²) in [7, 11) is 0. The average molecular weight is 439 g/mol. The molecule has 0 fully saturated rings. The van der Waals surface area contributed by atoms with Crippen molar-refractivity contribution in [2.75, 3.05) is 18.5 Å². The van der Waals surface area contributed by atoms with Gasteiger partial charge < -0.3 is 14.8 Å². The molecule has 0 aliphatic heterocycles. The maximum absolute atomic E-state index is 12.5. The Morgan fingerprint density at radius 2 is 1.87 bits per heavy atom. The number of unbranched alkanes of at least 4 members (excludes halogenated alkanes) is 1. The van der Waals surface area contributed by atoms with E-state index in [0.29, 0.717) is 31.2 Å². The van der Waals surface area contributed by atoms with Crippen LogP contribution in [0.3, 0.4) is 0 Å². The second-order valence-corrected chi connectivity index (χ2v) is 8.46. The molecular weight excluding hydrogens is 408 g/mol. The average Bonchev–Trinajstić information content (AvgIpc) is 3.14. The third-order valence-corrected chi connectivity index (χ3v) is 5.68. The van der Waals surface area contributed by atoms with Gasteiger partial charge in [0.2, 0.25) is 5.91 Å². The molecule has 0 spiro atoms. The molecule has 6 heteroatoms. The molecule has 3 aromatic rings. The fraction of sp³-hybridized carbons (Fsp3) is 0.360. The number of aryl methyl sites for hydroxylation is 2. The Labute approximate surface area is 188 Å². The molecule has 31 heavy (non-hydrogen) atoms. The van der Waals surface area contributed by atoms with Gasteiger partial charge >= 0.3 is 0 Å². The Hall–Kier alpha value is -2.86. The van der Waals surface area contributed by atoms with E-state index in [4.69, 9.17) is 9.47 Å². The van der Waals surface area contributed by atoms with Crippen LogP contribution >= 0.6 is 11.3 Å². The van der Waals surface area contributed by atoms with Gasteiger partial charge in [0.1, 0.15) is 0 Å². The first-order chi connectivity index (χ1) is 15.1. The summed E-state index contributed by atoms with van der Waals surface area (Å²) in [4.78, 5) is 18.2. The summed E-state index contributed by atoms with van der Waals surface area (Å²) in [6.07, 6.45) is 3.09. The van der Waals surface area contributed by atoms with Crippen LogP contribution in [0.4, 0.5) is 5.13 Å². The normalized spacial score (nSPS) is 10.7. The summed E-state index contributed by atoms with van der Waals surface area (Å²) in [5, 5.41) is 3.58. The summed E-state index contributed by atoms with van der Waals surface area (Å²) < 4.78 is 11.6. The molecule has 5 nitrogen and oxygen atoms in total. The highest BCUT2D eigenvalue weighted by Crippen LogP contribution is 2.31. The fourth-order valence-electron chi connectivity index (χ4n) is 3.18. The van der Waals surface area contributed by atoms with Gasteiger partial charge in [0.15, 0.2) is 16.6 Å². The van der Waals surface area contributed by atoms with Gasteiger partial charge in [-0.2, -0.15) is 0 Å². The van der Waals surface area contributed by atoms with Gasteiger partial charge in [0, 0.05) is 16.9 Å². The topological polar surface area (TPSA) is 60.5 Å². The number of rotatable bonds is 11. The molecule has 0 bridgehead atoms. The smallest absolute Gasteiger partial charge is 0.226 e. The lowest BCUT2D eigenvalue weighted by Crippen LogP contribution is -2.12. The van der Waals surface area contributed by atoms with Crippen molar-refractivity contribution in [2.24, 2.45) is 0 Å². The molecular formula is C25H30N2O3S. The lowest BCUT2D eigenvalue weighted by atomic mass is 10.1. The van der Waals surface area contributed by atoms with Crippen LogP contribution in [-0.2, 0) is 11.2 Å². The highest BCUT2D eigenvalue weighted by Gasteiger charge is 2.13. The lowest BCUT2D eigenvalue weighted by Gasteiger charge is -2.13. The number of thiazole rings is 1. The second-order valence-electron chi connectivity index (χ2n) is 7.25. The van der Waals surface area contributed by atoms with E-state index in [1.165, 1.54) is 11.3 Å². The second kappa shape index (κ2) is 11.5. The van der Waals surface area contributed by atoms with Gasteiger partial charge in [0.25, 0.3) is 0 Å². The highest BCUT2D eigenvalue weighted by molar-refractivity contribution is 7.16. The summed E-state index contributed by atoms with van der Waals surface area (Å²) in [5.41, 5.74) is 3.02. The van der Waals surface area contributed by atoms with E-state index in [0.717, 1.165) is 46.0 Å². The highest BCUT2D eigenvalue weighted by atomic mass is 32.1. The van der Waals surface area contributed by atoms with Crippen molar-refractivity contribution in [3.05, 3.63) is 59.0 Å². The number of carbonyl (C=O) groups is 1. The number of nitrogens with zero attached hydrogens (tertiary/aromatic N) is 1. The van der Waals surface area contributed by atoms with E-state index in [-0.39, 0.29) is 5.91 Å². The first kappa shape index (κ1) is 22.8. The minimum absolute atomic E-state index is 0.0467. The SMILES string of the molecule is CCCCOc1ccc(CCC(=O)Nc2nc(-c3ccccc3)c(C)s2)cc1OCC. The van der Waals surface area contributed by atoms with Crippen LogP contribution in [-0.4, -0.2) is 24.1 Å². The maximum atomic E-state index is 12.5. The number of amides is 1. The molecule has 0 unspecified atom stereocenters. The number of nitrogens with one attached hydrogen (secondary N) is 1. The van der Waals surface area contributed by atoms with Crippen LogP contribution < -0.4 is 14.8 Å². The van der Waals surface area contributed by atoms with E-state index >= 15 is 0 Å². The van der Waals surface area contributed by atoms with Crippen LogP contribution in [0.15, 0.2) is 48.5 Å². The van der Waals surface area contributed by atoms with E-state index in [1.54, 1.807) is 0 Å². The van der Waals surface area contributed by atoms with Gasteiger partial charge in [-0.15, -0.1) is 11.3 Å². The Bertz CT molecular complexity index is 986. The molecule has 0 atom stereocenters. The molecule has 164 valence electrons. The van der Waals surface area contributed by atoms with E-state index in [1.807, 2.05) is 62.4 Å².